The standard InChI is InChI=1S/C34H67O10P.Na/c1-3-5-7-9-11-13-15-17-19-21-23-25-33(37)41-29-32(30-43-45(39,40)42-28-31(36)27-35)44-34(38)26-24-22-20-18-16-14-12-10-8-6-4-2;/h31-32,35-36H,3-30H2,1-2H3,(H,39,40);/q;+1/p-1/t31?,32-;/m1./s1. The third-order valence-corrected chi connectivity index (χ3v) is 8.68. The molecule has 0 saturated heterocycles. The number of hydrogen-bond donors (Lipinski definition) is 2. The molecular weight excluding hydrogens is 622 g/mol. The van der Waals surface area contributed by atoms with Crippen LogP contribution in [0.15, 0.2) is 0 Å². The van der Waals surface area contributed by atoms with Gasteiger partial charge in [0.1, 0.15) is 12.7 Å². The van der Waals surface area contributed by atoms with E-state index in [1.54, 1.807) is 0 Å². The topological polar surface area (TPSA) is 152 Å². The van der Waals surface area contributed by atoms with E-state index in [0.29, 0.717) is 12.8 Å². The average molecular weight is 689 g/mol. The first-order valence-electron chi connectivity index (χ1n) is 18.0. The summed E-state index contributed by atoms with van der Waals surface area (Å²) in [6.07, 6.45) is 23.4. The van der Waals surface area contributed by atoms with Gasteiger partial charge in [0.25, 0.3) is 7.82 Å². The van der Waals surface area contributed by atoms with Crippen LogP contribution in [0.25, 0.3) is 0 Å². The van der Waals surface area contributed by atoms with Crippen LogP contribution in [0.4, 0.5) is 0 Å². The Hall–Kier alpha value is -0.0300. The molecule has 268 valence electrons. The van der Waals surface area contributed by atoms with Crippen molar-refractivity contribution in [3.63, 3.8) is 0 Å². The van der Waals surface area contributed by atoms with Gasteiger partial charge in [-0.25, -0.2) is 0 Å². The summed E-state index contributed by atoms with van der Waals surface area (Å²) in [5.41, 5.74) is 0. The number of rotatable bonds is 34. The van der Waals surface area contributed by atoms with Gasteiger partial charge in [0, 0.05) is 12.8 Å². The van der Waals surface area contributed by atoms with Gasteiger partial charge >= 0.3 is 41.5 Å². The second kappa shape index (κ2) is 34.8. The number of hydrogen-bond acceptors (Lipinski definition) is 10. The minimum atomic E-state index is -4.85. The Morgan fingerprint density at radius 1 is 0.609 bits per heavy atom. The largest absolute Gasteiger partial charge is 1.00 e. The fourth-order valence-corrected chi connectivity index (χ4v) is 5.71. The quantitative estimate of drug-likeness (QED) is 0.0421. The van der Waals surface area contributed by atoms with Crippen molar-refractivity contribution in [1.29, 1.82) is 0 Å². The van der Waals surface area contributed by atoms with E-state index in [-0.39, 0.29) is 49.0 Å². The molecule has 46 heavy (non-hydrogen) atoms. The maximum absolute atomic E-state index is 12.5. The number of carbonyl (C=O) groups is 2. The number of carbonyl (C=O) groups excluding carboxylic acids is 2. The Morgan fingerprint density at radius 2 is 0.978 bits per heavy atom. The molecule has 0 aliphatic carbocycles. The summed E-state index contributed by atoms with van der Waals surface area (Å²) in [5, 5.41) is 18.2. The molecule has 0 rings (SSSR count). The van der Waals surface area contributed by atoms with Gasteiger partial charge in [-0.1, -0.05) is 142 Å². The van der Waals surface area contributed by atoms with Crippen molar-refractivity contribution in [2.45, 2.75) is 180 Å². The van der Waals surface area contributed by atoms with Gasteiger partial charge in [0.2, 0.25) is 0 Å². The first-order chi connectivity index (χ1) is 21.7. The average Bonchev–Trinajstić information content (AvgIpc) is 3.02. The molecule has 3 atom stereocenters. The Labute approximate surface area is 302 Å². The molecule has 12 heteroatoms. The predicted octanol–water partition coefficient (Wildman–Crippen LogP) is 4.70. The van der Waals surface area contributed by atoms with Crippen molar-refractivity contribution in [2.24, 2.45) is 0 Å². The molecule has 0 spiro atoms. The van der Waals surface area contributed by atoms with Gasteiger partial charge in [0.05, 0.1) is 19.8 Å². The zero-order valence-corrected chi connectivity index (χ0v) is 32.5. The van der Waals surface area contributed by atoms with Gasteiger partial charge in [0.15, 0.2) is 6.10 Å². The van der Waals surface area contributed by atoms with Gasteiger partial charge in [-0.15, -0.1) is 0 Å². The zero-order valence-electron chi connectivity index (χ0n) is 29.6. The maximum atomic E-state index is 12.5. The molecule has 0 aliphatic heterocycles. The Kier molecular flexibility index (Phi) is 36.4. The van der Waals surface area contributed by atoms with Gasteiger partial charge in [-0.05, 0) is 12.8 Å². The van der Waals surface area contributed by atoms with Crippen LogP contribution in [-0.2, 0) is 32.7 Å². The smallest absolute Gasteiger partial charge is 0.756 e. The number of unbranched alkanes of at least 4 members (excludes halogenated alkanes) is 20. The summed E-state index contributed by atoms with van der Waals surface area (Å²) in [5.74, 6) is -0.955. The van der Waals surface area contributed by atoms with Crippen LogP contribution in [-0.4, -0.2) is 60.8 Å². The fourth-order valence-electron chi connectivity index (χ4n) is 4.93. The van der Waals surface area contributed by atoms with Crippen molar-refractivity contribution < 1.29 is 77.3 Å². The summed E-state index contributed by atoms with van der Waals surface area (Å²) in [6, 6.07) is 0. The van der Waals surface area contributed by atoms with E-state index in [1.807, 2.05) is 0 Å². The van der Waals surface area contributed by atoms with Crippen LogP contribution < -0.4 is 34.5 Å². The predicted molar refractivity (Wildman–Crippen MR) is 176 cm³/mol. The van der Waals surface area contributed by atoms with Crippen LogP contribution in [0.2, 0.25) is 0 Å². The molecule has 0 fully saturated rings. The first kappa shape index (κ1) is 48.1. The third-order valence-electron chi connectivity index (χ3n) is 7.75. The van der Waals surface area contributed by atoms with Crippen LogP contribution in [0.5, 0.6) is 0 Å². The monoisotopic (exact) mass is 688 g/mol. The van der Waals surface area contributed by atoms with Gasteiger partial charge < -0.3 is 33.6 Å². The van der Waals surface area contributed by atoms with E-state index in [0.717, 1.165) is 38.5 Å². The molecule has 0 amide bonds. The molecule has 2 N–H and O–H groups in total. The van der Waals surface area contributed by atoms with Crippen LogP contribution in [0.1, 0.15) is 168 Å². The molecular formula is C34H66NaO10P. The molecule has 0 bridgehead atoms. The van der Waals surface area contributed by atoms with Crippen molar-refractivity contribution in [1.82, 2.24) is 0 Å². The number of aliphatic hydroxyl groups excluding tert-OH is 2. The van der Waals surface area contributed by atoms with E-state index in [2.05, 4.69) is 18.4 Å². The Bertz CT molecular complexity index is 743. The second-order valence-electron chi connectivity index (χ2n) is 12.2. The number of esters is 2. The number of aliphatic hydroxyl groups is 2. The molecule has 0 radical (unpaired) electrons. The number of ether oxygens (including phenoxy) is 2. The number of phosphoric ester groups is 1. The van der Waals surface area contributed by atoms with Crippen LogP contribution in [0.3, 0.4) is 0 Å². The zero-order chi connectivity index (χ0) is 33.4. The molecule has 10 nitrogen and oxygen atoms in total. The fraction of sp³-hybridized carbons (Fsp3) is 0.941. The summed E-state index contributed by atoms with van der Waals surface area (Å²) < 4.78 is 32.1. The van der Waals surface area contributed by atoms with E-state index in [9.17, 15) is 24.2 Å². The summed E-state index contributed by atoms with van der Waals surface area (Å²) >= 11 is 0. The van der Waals surface area contributed by atoms with Crippen LogP contribution >= 0.6 is 7.82 Å². The second-order valence-corrected chi connectivity index (χ2v) is 13.7. The van der Waals surface area contributed by atoms with Crippen molar-refractivity contribution in [3.05, 3.63) is 0 Å². The van der Waals surface area contributed by atoms with Crippen molar-refractivity contribution in [3.8, 4) is 0 Å². The molecule has 0 saturated carbocycles. The SMILES string of the molecule is CCCCCCCCCCCCCC(=O)OC[C@H](COP(=O)([O-])OCC(O)CO)OC(=O)CCCCCCCCCCCCC.[Na+]. The van der Waals surface area contributed by atoms with Gasteiger partial charge in [-0.2, -0.15) is 0 Å². The minimum absolute atomic E-state index is 0. The summed E-state index contributed by atoms with van der Waals surface area (Å²) in [6.45, 7) is 2.17. The van der Waals surface area contributed by atoms with E-state index >= 15 is 0 Å². The van der Waals surface area contributed by atoms with Crippen molar-refractivity contribution >= 4 is 19.8 Å². The maximum Gasteiger partial charge on any atom is 1.00 e. The molecule has 0 heterocycles. The summed E-state index contributed by atoms with van der Waals surface area (Å²) in [4.78, 5) is 36.8. The third kappa shape index (κ3) is 33.9. The first-order valence-corrected chi connectivity index (χ1v) is 19.4. The normalized spacial score (nSPS) is 13.8. The minimum Gasteiger partial charge on any atom is -0.756 e. The molecule has 0 aromatic heterocycles. The van der Waals surface area contributed by atoms with Crippen LogP contribution in [0, 0.1) is 0 Å². The van der Waals surface area contributed by atoms with Crippen molar-refractivity contribution in [2.75, 3.05) is 26.4 Å². The summed E-state index contributed by atoms with van der Waals surface area (Å²) in [7, 11) is -4.85. The van der Waals surface area contributed by atoms with E-state index in [4.69, 9.17) is 19.1 Å². The Morgan fingerprint density at radius 3 is 1.39 bits per heavy atom. The molecule has 0 aliphatic rings. The Balaban J connectivity index is 0. The molecule has 0 aromatic carbocycles. The van der Waals surface area contributed by atoms with E-state index < -0.39 is 51.8 Å². The van der Waals surface area contributed by atoms with Gasteiger partial charge in [-0.3, -0.25) is 14.2 Å². The number of phosphoric acid groups is 1. The molecule has 0 aromatic rings. The molecule has 2 unspecified atom stereocenters. The van der Waals surface area contributed by atoms with E-state index in [1.165, 1.54) is 89.9 Å².